The molecule has 6 nitrogen and oxygen atoms in total. The summed E-state index contributed by atoms with van der Waals surface area (Å²) in [5.41, 5.74) is 2.56. The number of anilines is 3. The van der Waals surface area contributed by atoms with E-state index in [2.05, 4.69) is 10.3 Å². The van der Waals surface area contributed by atoms with Gasteiger partial charge < -0.3 is 9.88 Å². The summed E-state index contributed by atoms with van der Waals surface area (Å²) >= 11 is 5.94. The van der Waals surface area contributed by atoms with E-state index in [0.29, 0.717) is 22.8 Å². The number of nitrogens with zero attached hydrogens (tertiary/aromatic N) is 3. The van der Waals surface area contributed by atoms with Crippen LogP contribution in [0, 0.1) is 5.82 Å². The third kappa shape index (κ3) is 4.33. The molecule has 32 heavy (non-hydrogen) atoms. The van der Waals surface area contributed by atoms with Gasteiger partial charge in [-0.3, -0.25) is 14.5 Å². The third-order valence-electron chi connectivity index (χ3n) is 5.08. The fraction of sp³-hybridized carbons (Fsp3) is 0.125. The smallest absolute Gasteiger partial charge is 0.229 e. The van der Waals surface area contributed by atoms with E-state index in [9.17, 15) is 14.0 Å². The first-order chi connectivity index (χ1) is 15.3. The number of aryl methyl sites for hydroxylation is 1. The zero-order chi connectivity index (χ0) is 22.8. The molecule has 0 unspecified atom stereocenters. The van der Waals surface area contributed by atoms with E-state index in [1.54, 1.807) is 18.2 Å². The molecule has 0 bridgehead atoms. The van der Waals surface area contributed by atoms with Crippen molar-refractivity contribution in [2.45, 2.75) is 13.3 Å². The number of nitrogens with one attached hydrogen (secondary N) is 1. The van der Waals surface area contributed by atoms with Gasteiger partial charge in [-0.2, -0.15) is 0 Å². The highest BCUT2D eigenvalue weighted by molar-refractivity contribution is 6.31. The average Bonchev–Trinajstić information content (AvgIpc) is 3.12. The Morgan fingerprint density at radius 3 is 2.75 bits per heavy atom. The van der Waals surface area contributed by atoms with Crippen LogP contribution < -0.4 is 10.2 Å². The Balaban J connectivity index is 1.58. The van der Waals surface area contributed by atoms with Crippen LogP contribution in [0.2, 0.25) is 5.02 Å². The highest BCUT2D eigenvalue weighted by Gasteiger charge is 2.18. The second kappa shape index (κ2) is 8.80. The third-order valence-corrected chi connectivity index (χ3v) is 5.51. The van der Waals surface area contributed by atoms with Gasteiger partial charge in [0.2, 0.25) is 11.8 Å². The standard InChI is InChI=1S/C24H20ClFN4O2/c1-15(31)30(19-6-7-21-16(12-19)9-11-29(21)2)22-14-18(8-10-27-22)28-23(32)13-17-4-3-5-20(26)24(17)25/h3-12,14H,13H2,1-2H3,(H,27,28,32). The summed E-state index contributed by atoms with van der Waals surface area (Å²) in [6.07, 6.45) is 3.37. The summed E-state index contributed by atoms with van der Waals surface area (Å²) in [5, 5.41) is 3.68. The van der Waals surface area contributed by atoms with Crippen LogP contribution in [0.3, 0.4) is 0 Å². The van der Waals surface area contributed by atoms with Gasteiger partial charge in [0, 0.05) is 49.0 Å². The fourth-order valence-electron chi connectivity index (χ4n) is 3.57. The summed E-state index contributed by atoms with van der Waals surface area (Å²) in [7, 11) is 1.95. The molecule has 8 heteroatoms. The molecule has 0 fully saturated rings. The van der Waals surface area contributed by atoms with Crippen LogP contribution in [0.15, 0.2) is 67.0 Å². The fourth-order valence-corrected chi connectivity index (χ4v) is 3.76. The van der Waals surface area contributed by atoms with Crippen LogP contribution in [-0.4, -0.2) is 21.4 Å². The van der Waals surface area contributed by atoms with Gasteiger partial charge in [-0.25, -0.2) is 9.37 Å². The zero-order valence-electron chi connectivity index (χ0n) is 17.5. The molecular weight excluding hydrogens is 431 g/mol. The van der Waals surface area contributed by atoms with Crippen LogP contribution in [-0.2, 0) is 23.1 Å². The van der Waals surface area contributed by atoms with Gasteiger partial charge >= 0.3 is 0 Å². The lowest BCUT2D eigenvalue weighted by molar-refractivity contribution is -0.116. The Hall–Kier alpha value is -3.71. The lowest BCUT2D eigenvalue weighted by Gasteiger charge is -2.21. The number of hydrogen-bond donors (Lipinski definition) is 1. The molecule has 4 rings (SSSR count). The molecule has 1 N–H and O–H groups in total. The quantitative estimate of drug-likeness (QED) is 0.452. The summed E-state index contributed by atoms with van der Waals surface area (Å²) in [6, 6.07) is 15.2. The molecule has 2 aromatic carbocycles. The Bertz CT molecular complexity index is 1330. The molecule has 0 aliphatic heterocycles. The van der Waals surface area contributed by atoms with E-state index in [0.717, 1.165) is 10.9 Å². The average molecular weight is 451 g/mol. The van der Waals surface area contributed by atoms with Gasteiger partial charge in [-0.05, 0) is 42.0 Å². The van der Waals surface area contributed by atoms with E-state index in [1.165, 1.54) is 30.2 Å². The van der Waals surface area contributed by atoms with Crippen LogP contribution in [0.25, 0.3) is 10.9 Å². The Morgan fingerprint density at radius 1 is 1.16 bits per heavy atom. The molecule has 4 aromatic rings. The second-order valence-corrected chi connectivity index (χ2v) is 7.74. The highest BCUT2D eigenvalue weighted by atomic mass is 35.5. The maximum Gasteiger partial charge on any atom is 0.229 e. The topological polar surface area (TPSA) is 67.2 Å². The van der Waals surface area contributed by atoms with Crippen LogP contribution in [0.5, 0.6) is 0 Å². The Morgan fingerprint density at radius 2 is 1.97 bits per heavy atom. The number of fused-ring (bicyclic) bond motifs is 1. The number of aromatic nitrogens is 2. The second-order valence-electron chi connectivity index (χ2n) is 7.36. The molecule has 2 amide bonds. The Labute approximate surface area is 189 Å². The van der Waals surface area contributed by atoms with Gasteiger partial charge in [-0.15, -0.1) is 0 Å². The first-order valence-corrected chi connectivity index (χ1v) is 10.3. The zero-order valence-corrected chi connectivity index (χ0v) is 18.2. The van der Waals surface area contributed by atoms with Crippen molar-refractivity contribution >= 4 is 51.5 Å². The van der Waals surface area contributed by atoms with E-state index < -0.39 is 5.82 Å². The van der Waals surface area contributed by atoms with Gasteiger partial charge in [0.1, 0.15) is 11.6 Å². The monoisotopic (exact) mass is 450 g/mol. The van der Waals surface area contributed by atoms with Gasteiger partial charge in [0.25, 0.3) is 0 Å². The van der Waals surface area contributed by atoms with E-state index in [1.807, 2.05) is 42.1 Å². The molecule has 162 valence electrons. The van der Waals surface area contributed by atoms with Crippen molar-refractivity contribution in [1.29, 1.82) is 0 Å². The minimum atomic E-state index is -0.573. The number of rotatable bonds is 5. The molecule has 0 atom stereocenters. The molecule has 0 aliphatic rings. The lowest BCUT2D eigenvalue weighted by atomic mass is 10.1. The van der Waals surface area contributed by atoms with Crippen LogP contribution >= 0.6 is 11.6 Å². The molecule has 2 heterocycles. The largest absolute Gasteiger partial charge is 0.351 e. The highest BCUT2D eigenvalue weighted by Crippen LogP contribution is 2.29. The summed E-state index contributed by atoms with van der Waals surface area (Å²) in [5.74, 6) is -0.789. The van der Waals surface area contributed by atoms with Gasteiger partial charge in [0.05, 0.1) is 17.1 Å². The molecule has 0 aliphatic carbocycles. The van der Waals surface area contributed by atoms with Crippen molar-refractivity contribution in [3.05, 3.63) is 83.4 Å². The number of benzene rings is 2. The number of pyridine rings is 1. The predicted octanol–water partition coefficient (Wildman–Crippen LogP) is 5.23. The number of carbonyl (C=O) groups is 2. The number of carbonyl (C=O) groups excluding carboxylic acids is 2. The lowest BCUT2D eigenvalue weighted by Crippen LogP contribution is -2.24. The van der Waals surface area contributed by atoms with E-state index in [-0.39, 0.29) is 23.3 Å². The van der Waals surface area contributed by atoms with Gasteiger partial charge in [-0.1, -0.05) is 23.7 Å². The van der Waals surface area contributed by atoms with Gasteiger partial charge in [0.15, 0.2) is 0 Å². The number of halogens is 2. The van der Waals surface area contributed by atoms with Crippen molar-refractivity contribution < 1.29 is 14.0 Å². The summed E-state index contributed by atoms with van der Waals surface area (Å²) in [4.78, 5) is 30.8. The molecule has 0 saturated heterocycles. The molecule has 0 spiro atoms. The minimum absolute atomic E-state index is 0.0721. The summed E-state index contributed by atoms with van der Waals surface area (Å²) in [6.45, 7) is 1.45. The Kier molecular flexibility index (Phi) is 5.92. The van der Waals surface area contributed by atoms with Crippen molar-refractivity contribution in [2.75, 3.05) is 10.2 Å². The number of amides is 2. The maximum absolute atomic E-state index is 13.6. The molecule has 0 saturated carbocycles. The van der Waals surface area contributed by atoms with Crippen LogP contribution in [0.1, 0.15) is 12.5 Å². The van der Waals surface area contributed by atoms with E-state index >= 15 is 0 Å². The minimum Gasteiger partial charge on any atom is -0.351 e. The van der Waals surface area contributed by atoms with Crippen molar-refractivity contribution in [2.24, 2.45) is 7.05 Å². The number of hydrogen-bond acceptors (Lipinski definition) is 3. The van der Waals surface area contributed by atoms with E-state index in [4.69, 9.17) is 11.6 Å². The first-order valence-electron chi connectivity index (χ1n) is 9.88. The van der Waals surface area contributed by atoms with Crippen molar-refractivity contribution in [3.63, 3.8) is 0 Å². The van der Waals surface area contributed by atoms with Crippen molar-refractivity contribution in [3.8, 4) is 0 Å². The van der Waals surface area contributed by atoms with Crippen molar-refractivity contribution in [1.82, 2.24) is 9.55 Å². The SMILES string of the molecule is CC(=O)N(c1ccc2c(ccn2C)c1)c1cc(NC(=O)Cc2cccc(F)c2Cl)ccn1. The summed E-state index contributed by atoms with van der Waals surface area (Å²) < 4.78 is 15.6. The predicted molar refractivity (Wildman–Crippen MR) is 124 cm³/mol. The van der Waals surface area contributed by atoms with Crippen LogP contribution in [0.4, 0.5) is 21.6 Å². The molecule has 2 aromatic heterocycles. The molecular formula is C24H20ClFN4O2. The first kappa shape index (κ1) is 21.5. The normalized spacial score (nSPS) is 10.9. The molecule has 0 radical (unpaired) electrons. The maximum atomic E-state index is 13.6.